The van der Waals surface area contributed by atoms with Gasteiger partial charge in [0.1, 0.15) is 6.10 Å². The van der Waals surface area contributed by atoms with Crippen molar-refractivity contribution < 1.29 is 18.9 Å². The van der Waals surface area contributed by atoms with Gasteiger partial charge in [-0.1, -0.05) is 31.4 Å². The third kappa shape index (κ3) is 2.51. The van der Waals surface area contributed by atoms with Gasteiger partial charge in [-0.2, -0.15) is 15.8 Å². The van der Waals surface area contributed by atoms with E-state index in [1.165, 1.54) is 14.2 Å². The van der Waals surface area contributed by atoms with Gasteiger partial charge in [0.15, 0.2) is 16.9 Å². The molecule has 1 aliphatic carbocycles. The second-order valence-electron chi connectivity index (χ2n) is 8.28. The van der Waals surface area contributed by atoms with Crippen molar-refractivity contribution in [1.82, 2.24) is 0 Å². The van der Waals surface area contributed by atoms with E-state index in [0.717, 1.165) is 25.7 Å². The fourth-order valence-electron chi connectivity index (χ4n) is 5.61. The number of rotatable bonds is 3. The number of benzene rings is 1. The van der Waals surface area contributed by atoms with Crippen molar-refractivity contribution in [3.8, 4) is 29.7 Å². The summed E-state index contributed by atoms with van der Waals surface area (Å²) >= 11 is 0. The maximum absolute atomic E-state index is 10.4. The van der Waals surface area contributed by atoms with Crippen LogP contribution in [0, 0.1) is 56.2 Å². The molecule has 31 heavy (non-hydrogen) atoms. The van der Waals surface area contributed by atoms with Crippen LogP contribution in [0.1, 0.15) is 50.2 Å². The van der Waals surface area contributed by atoms with Crippen molar-refractivity contribution in [1.29, 1.82) is 21.2 Å². The highest BCUT2D eigenvalue weighted by Crippen LogP contribution is 2.69. The van der Waals surface area contributed by atoms with Crippen LogP contribution >= 0.6 is 0 Å². The van der Waals surface area contributed by atoms with Gasteiger partial charge >= 0.3 is 0 Å². The summed E-state index contributed by atoms with van der Waals surface area (Å²) < 4.78 is 23.5. The van der Waals surface area contributed by atoms with Crippen LogP contribution in [0.25, 0.3) is 0 Å². The van der Waals surface area contributed by atoms with E-state index in [0.29, 0.717) is 29.9 Å². The van der Waals surface area contributed by atoms with Crippen LogP contribution in [-0.4, -0.2) is 25.9 Å². The van der Waals surface area contributed by atoms with E-state index in [4.69, 9.17) is 24.4 Å². The first kappa shape index (κ1) is 21.0. The first-order chi connectivity index (χ1) is 15.0. The zero-order valence-electron chi connectivity index (χ0n) is 17.6. The van der Waals surface area contributed by atoms with E-state index in [2.05, 4.69) is 18.2 Å². The molecule has 1 saturated carbocycles. The number of hydrogen-bond acceptors (Lipinski definition) is 8. The highest BCUT2D eigenvalue weighted by molar-refractivity contribution is 5.89. The Morgan fingerprint density at radius 3 is 2.42 bits per heavy atom. The largest absolute Gasteiger partial charge is 0.493 e. The molecular weight excluding hydrogens is 396 g/mol. The van der Waals surface area contributed by atoms with Crippen molar-refractivity contribution in [2.75, 3.05) is 14.2 Å². The Bertz CT molecular complexity index is 1020. The molecule has 8 heteroatoms. The minimum Gasteiger partial charge on any atom is -0.493 e. The molecule has 0 aromatic heterocycles. The molecule has 2 saturated heterocycles. The van der Waals surface area contributed by atoms with E-state index in [1.54, 1.807) is 18.2 Å². The number of ether oxygens (including phenoxy) is 4. The van der Waals surface area contributed by atoms with Crippen LogP contribution in [0.3, 0.4) is 0 Å². The molecule has 1 aromatic rings. The van der Waals surface area contributed by atoms with Gasteiger partial charge < -0.3 is 18.9 Å². The summed E-state index contributed by atoms with van der Waals surface area (Å²) in [5, 5.41) is 39.9. The Hall–Kier alpha value is -3.28. The lowest BCUT2D eigenvalue weighted by Crippen LogP contribution is -2.59. The molecule has 2 aliphatic heterocycles. The van der Waals surface area contributed by atoms with Gasteiger partial charge in [-0.25, -0.2) is 0 Å². The smallest absolute Gasteiger partial charge is 0.217 e. The lowest BCUT2D eigenvalue weighted by Gasteiger charge is -2.50. The molecule has 0 radical (unpaired) electrons. The van der Waals surface area contributed by atoms with E-state index in [9.17, 15) is 15.8 Å². The van der Waals surface area contributed by atoms with Gasteiger partial charge in [0, 0.05) is 12.0 Å². The zero-order chi connectivity index (χ0) is 22.3. The second kappa shape index (κ2) is 7.45. The highest BCUT2D eigenvalue weighted by Gasteiger charge is 2.80. The van der Waals surface area contributed by atoms with Crippen molar-refractivity contribution in [3.63, 3.8) is 0 Å². The SMILES string of the molecule is COc1cccc(C2OC34CCCCCCC3C(C#N)(C(=N)O4)C2(C#N)C#N)c1OC. The van der Waals surface area contributed by atoms with Crippen molar-refractivity contribution in [2.24, 2.45) is 16.7 Å². The van der Waals surface area contributed by atoms with Crippen LogP contribution in [0.5, 0.6) is 11.5 Å². The molecule has 2 heterocycles. The Balaban J connectivity index is 2.02. The monoisotopic (exact) mass is 420 g/mol. The summed E-state index contributed by atoms with van der Waals surface area (Å²) in [6.45, 7) is 0. The number of hydrogen-bond donors (Lipinski definition) is 1. The van der Waals surface area contributed by atoms with Gasteiger partial charge in [0.25, 0.3) is 0 Å². The van der Waals surface area contributed by atoms with Crippen molar-refractivity contribution in [3.05, 3.63) is 23.8 Å². The van der Waals surface area contributed by atoms with Gasteiger partial charge in [0.2, 0.25) is 17.1 Å². The lowest BCUT2D eigenvalue weighted by molar-refractivity contribution is -0.289. The molecule has 4 unspecified atom stereocenters. The number of methoxy groups -OCH3 is 2. The van der Waals surface area contributed by atoms with Crippen molar-refractivity contribution in [2.45, 2.75) is 50.4 Å². The Morgan fingerprint density at radius 1 is 1.03 bits per heavy atom. The first-order valence-corrected chi connectivity index (χ1v) is 10.4. The van der Waals surface area contributed by atoms with Crippen LogP contribution in [0.4, 0.5) is 0 Å². The summed E-state index contributed by atoms with van der Waals surface area (Å²) in [7, 11) is 2.96. The predicted molar refractivity (Wildman–Crippen MR) is 108 cm³/mol. The number of para-hydroxylation sites is 1. The normalized spacial score (nSPS) is 33.3. The number of nitrogens with zero attached hydrogens (tertiary/aromatic N) is 3. The molecule has 3 aliphatic rings. The number of nitrogens with one attached hydrogen (secondary N) is 1. The minimum absolute atomic E-state index is 0.324. The van der Waals surface area contributed by atoms with Gasteiger partial charge in [0.05, 0.1) is 38.3 Å². The molecule has 3 fully saturated rings. The summed E-state index contributed by atoms with van der Waals surface area (Å²) in [5.41, 5.74) is -3.32. The van der Waals surface area contributed by atoms with Crippen LogP contribution in [-0.2, 0) is 9.47 Å². The van der Waals surface area contributed by atoms with E-state index >= 15 is 0 Å². The van der Waals surface area contributed by atoms with Crippen LogP contribution in [0.2, 0.25) is 0 Å². The molecule has 160 valence electrons. The molecule has 1 aromatic carbocycles. The fraction of sp³-hybridized carbons (Fsp3) is 0.565. The third-order valence-corrected chi connectivity index (χ3v) is 7.03. The molecule has 0 spiro atoms. The summed E-state index contributed by atoms with van der Waals surface area (Å²) in [5.74, 6) is -1.42. The molecule has 0 amide bonds. The highest BCUT2D eigenvalue weighted by atomic mass is 16.7. The predicted octanol–water partition coefficient (Wildman–Crippen LogP) is 3.99. The Morgan fingerprint density at radius 2 is 1.77 bits per heavy atom. The minimum atomic E-state index is -2.00. The Labute approximate surface area is 181 Å². The summed E-state index contributed by atoms with van der Waals surface area (Å²) in [4.78, 5) is 0. The molecule has 1 N–H and O–H groups in total. The van der Waals surface area contributed by atoms with Crippen molar-refractivity contribution >= 4 is 5.90 Å². The van der Waals surface area contributed by atoms with Crippen LogP contribution < -0.4 is 9.47 Å². The summed E-state index contributed by atoms with van der Waals surface area (Å²) in [6.07, 6.45) is 3.46. The molecule has 4 rings (SSSR count). The maximum Gasteiger partial charge on any atom is 0.217 e. The Kier molecular flexibility index (Phi) is 5.04. The molecule has 2 bridgehead atoms. The fourth-order valence-corrected chi connectivity index (χ4v) is 5.61. The van der Waals surface area contributed by atoms with Crippen LogP contribution in [0.15, 0.2) is 18.2 Å². The maximum atomic E-state index is 10.4. The third-order valence-electron chi connectivity index (χ3n) is 7.03. The average Bonchev–Trinajstić information content (AvgIpc) is 2.95. The molecule has 8 nitrogen and oxygen atoms in total. The standard InChI is InChI=1S/C23H24N4O4/c1-28-16-9-7-8-15(18(16)29-2)19-21(12-24,13-25)22(14-26)17-10-5-3-4-6-11-23(17,30-19)31-20(22)27/h7-9,17,19,27H,3-6,10-11H2,1-2H3. The quantitative estimate of drug-likeness (QED) is 0.781. The van der Waals surface area contributed by atoms with Gasteiger partial charge in [-0.15, -0.1) is 0 Å². The van der Waals surface area contributed by atoms with E-state index < -0.39 is 28.6 Å². The van der Waals surface area contributed by atoms with E-state index in [-0.39, 0.29) is 5.90 Å². The lowest BCUT2D eigenvalue weighted by atomic mass is 9.52. The molecular formula is C23H24N4O4. The average molecular weight is 420 g/mol. The van der Waals surface area contributed by atoms with Gasteiger partial charge in [-0.3, -0.25) is 5.41 Å². The second-order valence-corrected chi connectivity index (χ2v) is 8.28. The summed E-state index contributed by atoms with van der Waals surface area (Å²) in [6, 6.07) is 11.5. The van der Waals surface area contributed by atoms with E-state index in [1.807, 2.05) is 0 Å². The first-order valence-electron chi connectivity index (χ1n) is 10.4. The topological polar surface area (TPSA) is 132 Å². The van der Waals surface area contributed by atoms with Gasteiger partial charge in [-0.05, 0) is 18.9 Å². The molecule has 4 atom stereocenters. The zero-order valence-corrected chi connectivity index (χ0v) is 17.6. The number of nitriles is 3.